The van der Waals surface area contributed by atoms with Crippen molar-refractivity contribution in [3.8, 4) is 0 Å². The molecule has 1 saturated heterocycles. The average Bonchev–Trinajstić information content (AvgIpc) is 2.66. The van der Waals surface area contributed by atoms with Gasteiger partial charge in [0, 0.05) is 18.7 Å². The Morgan fingerprint density at radius 2 is 2.08 bits per heavy atom. The minimum atomic E-state index is -0.803. The minimum absolute atomic E-state index is 0.190. The van der Waals surface area contributed by atoms with Gasteiger partial charge >= 0.3 is 5.97 Å². The number of hydrogen-bond acceptors (Lipinski definition) is 5. The summed E-state index contributed by atoms with van der Waals surface area (Å²) in [5, 5.41) is 0.414. The number of hydrogen-bond donors (Lipinski definition) is 0. The van der Waals surface area contributed by atoms with Gasteiger partial charge in [-0.05, 0) is 44.7 Å². The molecular weight excluding hydrogens is 334 g/mol. The quantitative estimate of drug-likeness (QED) is 0.786. The minimum Gasteiger partial charge on any atom is -0.450 e. The van der Waals surface area contributed by atoms with Gasteiger partial charge in [0.05, 0.1) is 5.39 Å². The highest BCUT2D eigenvalue weighted by atomic mass is 16.5. The molecule has 0 radical (unpaired) electrons. The van der Waals surface area contributed by atoms with Gasteiger partial charge in [-0.1, -0.05) is 18.6 Å². The van der Waals surface area contributed by atoms with E-state index in [-0.39, 0.29) is 29.7 Å². The predicted molar refractivity (Wildman–Crippen MR) is 97.1 cm³/mol. The van der Waals surface area contributed by atoms with Crippen LogP contribution in [-0.2, 0) is 9.53 Å². The highest BCUT2D eigenvalue weighted by Crippen LogP contribution is 2.20. The normalized spacial score (nSPS) is 17.3. The van der Waals surface area contributed by atoms with Crippen molar-refractivity contribution in [1.29, 1.82) is 0 Å². The second-order valence-corrected chi connectivity index (χ2v) is 6.70. The molecule has 138 valence electrons. The van der Waals surface area contributed by atoms with Crippen LogP contribution in [0.15, 0.2) is 33.5 Å². The molecule has 0 spiro atoms. The molecule has 1 aromatic heterocycles. The number of amides is 1. The van der Waals surface area contributed by atoms with Crippen LogP contribution in [0.4, 0.5) is 0 Å². The van der Waals surface area contributed by atoms with Gasteiger partial charge in [-0.3, -0.25) is 9.59 Å². The molecular formula is C20H23NO5. The summed E-state index contributed by atoms with van der Waals surface area (Å²) < 4.78 is 10.6. The summed E-state index contributed by atoms with van der Waals surface area (Å²) in [7, 11) is 0. The first-order chi connectivity index (χ1) is 12.5. The lowest BCUT2D eigenvalue weighted by Gasteiger charge is -2.35. The molecule has 26 heavy (non-hydrogen) atoms. The van der Waals surface area contributed by atoms with E-state index in [2.05, 4.69) is 0 Å². The molecule has 2 heterocycles. The number of benzene rings is 1. The second-order valence-electron chi connectivity index (χ2n) is 6.70. The number of ether oxygens (including phenoxy) is 1. The summed E-state index contributed by atoms with van der Waals surface area (Å²) in [6.07, 6.45) is 3.95. The van der Waals surface area contributed by atoms with Gasteiger partial charge in [0.1, 0.15) is 5.58 Å². The zero-order valence-corrected chi connectivity index (χ0v) is 15.1. The zero-order chi connectivity index (χ0) is 18.7. The standard InChI is InChI=1S/C20H23NO5/c1-3-14-6-4-5-9-21(14)19(23)12-25-20(24)18-11-16(22)15-10-13(2)7-8-17(15)26-18/h7-8,10-11,14H,3-6,9,12H2,1-2H3/t14-/m1/s1. The molecule has 0 bridgehead atoms. The SMILES string of the molecule is CC[C@@H]1CCCCN1C(=O)COC(=O)c1cc(=O)c2cc(C)ccc2o1. The molecule has 1 amide bonds. The lowest BCUT2D eigenvalue weighted by molar-refractivity contribution is -0.138. The Kier molecular flexibility index (Phi) is 5.40. The number of likely N-dealkylation sites (tertiary alicyclic amines) is 1. The van der Waals surface area contributed by atoms with E-state index >= 15 is 0 Å². The number of esters is 1. The zero-order valence-electron chi connectivity index (χ0n) is 15.1. The van der Waals surface area contributed by atoms with Crippen molar-refractivity contribution in [2.45, 2.75) is 45.6 Å². The number of fused-ring (bicyclic) bond motifs is 1. The predicted octanol–water partition coefficient (Wildman–Crippen LogP) is 3.05. The van der Waals surface area contributed by atoms with Crippen LogP contribution in [0.5, 0.6) is 0 Å². The van der Waals surface area contributed by atoms with E-state index in [0.717, 1.165) is 37.3 Å². The number of rotatable bonds is 4. The molecule has 0 saturated carbocycles. The first kappa shape index (κ1) is 18.2. The molecule has 0 unspecified atom stereocenters. The van der Waals surface area contributed by atoms with E-state index in [0.29, 0.717) is 17.5 Å². The molecule has 0 aliphatic carbocycles. The lowest BCUT2D eigenvalue weighted by Crippen LogP contribution is -2.45. The molecule has 0 N–H and O–H groups in total. The highest BCUT2D eigenvalue weighted by Gasteiger charge is 2.26. The summed E-state index contributed by atoms with van der Waals surface area (Å²) in [4.78, 5) is 38.6. The number of carbonyl (C=O) groups is 2. The Hall–Kier alpha value is -2.63. The summed E-state index contributed by atoms with van der Waals surface area (Å²) >= 11 is 0. The average molecular weight is 357 g/mol. The van der Waals surface area contributed by atoms with Gasteiger partial charge in [-0.2, -0.15) is 0 Å². The van der Waals surface area contributed by atoms with E-state index in [1.807, 2.05) is 13.8 Å². The Morgan fingerprint density at radius 3 is 2.85 bits per heavy atom. The van der Waals surface area contributed by atoms with Crippen molar-refractivity contribution in [3.63, 3.8) is 0 Å². The first-order valence-corrected chi connectivity index (χ1v) is 9.00. The van der Waals surface area contributed by atoms with Crippen LogP contribution in [-0.4, -0.2) is 36.0 Å². The maximum atomic E-state index is 12.4. The van der Waals surface area contributed by atoms with Crippen LogP contribution in [0.2, 0.25) is 0 Å². The van der Waals surface area contributed by atoms with Crippen molar-refractivity contribution in [2.24, 2.45) is 0 Å². The van der Waals surface area contributed by atoms with Crippen LogP contribution in [0.3, 0.4) is 0 Å². The van der Waals surface area contributed by atoms with Gasteiger partial charge < -0.3 is 14.1 Å². The van der Waals surface area contributed by atoms with Crippen LogP contribution < -0.4 is 5.43 Å². The Labute approximate surface area is 151 Å². The van der Waals surface area contributed by atoms with Gasteiger partial charge in [0.25, 0.3) is 5.91 Å². The number of piperidine rings is 1. The smallest absolute Gasteiger partial charge is 0.374 e. The van der Waals surface area contributed by atoms with Crippen LogP contribution in [0, 0.1) is 6.92 Å². The second kappa shape index (κ2) is 7.72. The molecule has 1 aliphatic rings. The maximum absolute atomic E-state index is 12.4. The number of aryl methyl sites for hydroxylation is 1. The number of nitrogens with zero attached hydrogens (tertiary/aromatic N) is 1. The molecule has 6 nitrogen and oxygen atoms in total. The summed E-state index contributed by atoms with van der Waals surface area (Å²) in [6, 6.07) is 6.47. The van der Waals surface area contributed by atoms with Crippen molar-refractivity contribution in [2.75, 3.05) is 13.2 Å². The van der Waals surface area contributed by atoms with Crippen LogP contribution >= 0.6 is 0 Å². The molecule has 2 aromatic rings. The van der Waals surface area contributed by atoms with Crippen molar-refractivity contribution in [3.05, 3.63) is 45.8 Å². The van der Waals surface area contributed by atoms with Crippen LogP contribution in [0.1, 0.15) is 48.7 Å². The van der Waals surface area contributed by atoms with E-state index in [1.165, 1.54) is 0 Å². The third-order valence-electron chi connectivity index (χ3n) is 4.83. The molecule has 1 aromatic carbocycles. The van der Waals surface area contributed by atoms with E-state index in [1.54, 1.807) is 23.1 Å². The Bertz CT molecular complexity index is 885. The Morgan fingerprint density at radius 1 is 1.27 bits per heavy atom. The third-order valence-corrected chi connectivity index (χ3v) is 4.83. The van der Waals surface area contributed by atoms with Gasteiger partial charge in [-0.15, -0.1) is 0 Å². The summed E-state index contributed by atoms with van der Waals surface area (Å²) in [5.74, 6) is -1.20. The summed E-state index contributed by atoms with van der Waals surface area (Å²) in [5.41, 5.74) is 0.941. The fraction of sp³-hybridized carbons (Fsp3) is 0.450. The molecule has 6 heteroatoms. The molecule has 1 aliphatic heterocycles. The Balaban J connectivity index is 1.70. The lowest BCUT2D eigenvalue weighted by atomic mass is 10.00. The molecule has 1 fully saturated rings. The van der Waals surface area contributed by atoms with Gasteiger partial charge in [0.15, 0.2) is 12.0 Å². The van der Waals surface area contributed by atoms with Gasteiger partial charge in [-0.25, -0.2) is 4.79 Å². The third kappa shape index (κ3) is 3.79. The van der Waals surface area contributed by atoms with Crippen LogP contribution in [0.25, 0.3) is 11.0 Å². The van der Waals surface area contributed by atoms with Gasteiger partial charge in [0.2, 0.25) is 5.76 Å². The highest BCUT2D eigenvalue weighted by molar-refractivity contribution is 5.90. The largest absolute Gasteiger partial charge is 0.450 e. The van der Waals surface area contributed by atoms with Crippen molar-refractivity contribution < 1.29 is 18.7 Å². The van der Waals surface area contributed by atoms with Crippen molar-refractivity contribution >= 4 is 22.8 Å². The van der Waals surface area contributed by atoms with Crippen molar-refractivity contribution in [1.82, 2.24) is 4.90 Å². The van der Waals surface area contributed by atoms with E-state index < -0.39 is 5.97 Å². The van der Waals surface area contributed by atoms with E-state index in [9.17, 15) is 14.4 Å². The first-order valence-electron chi connectivity index (χ1n) is 9.00. The fourth-order valence-corrected chi connectivity index (χ4v) is 3.41. The maximum Gasteiger partial charge on any atom is 0.374 e. The fourth-order valence-electron chi connectivity index (χ4n) is 3.41. The number of carbonyl (C=O) groups excluding carboxylic acids is 2. The summed E-state index contributed by atoms with van der Waals surface area (Å²) in [6.45, 7) is 4.27. The topological polar surface area (TPSA) is 76.8 Å². The molecule has 3 rings (SSSR count). The molecule has 1 atom stereocenters. The monoisotopic (exact) mass is 357 g/mol. The van der Waals surface area contributed by atoms with E-state index in [4.69, 9.17) is 9.15 Å².